The first-order chi connectivity index (χ1) is 6.70. The molecule has 3 heteroatoms. The van der Waals surface area contributed by atoms with Crippen molar-refractivity contribution in [3.8, 4) is 11.8 Å². The van der Waals surface area contributed by atoms with E-state index in [1.807, 2.05) is 19.1 Å². The molecule has 0 aromatic carbocycles. The Morgan fingerprint density at radius 1 is 1.57 bits per heavy atom. The van der Waals surface area contributed by atoms with Gasteiger partial charge in [0, 0.05) is 6.42 Å². The summed E-state index contributed by atoms with van der Waals surface area (Å²) in [5.41, 5.74) is 0. The second-order valence-electron chi connectivity index (χ2n) is 2.71. The number of methoxy groups -OCH3 is 1. The lowest BCUT2D eigenvalue weighted by molar-refractivity contribution is -0.139. The number of hydrogen-bond acceptors (Lipinski definition) is 3. The Hall–Kier alpha value is -1.27. The van der Waals surface area contributed by atoms with Crippen LogP contribution in [0.2, 0.25) is 0 Å². The van der Waals surface area contributed by atoms with Crippen molar-refractivity contribution in [2.75, 3.05) is 7.11 Å². The summed E-state index contributed by atoms with van der Waals surface area (Å²) in [4.78, 5) is 10.6. The van der Waals surface area contributed by atoms with Crippen LogP contribution in [-0.2, 0) is 9.53 Å². The van der Waals surface area contributed by atoms with Crippen molar-refractivity contribution in [1.82, 2.24) is 0 Å². The number of carbonyl (C=O) groups is 1. The molecule has 0 aliphatic rings. The standard InChI is InChI=1S/C11H16O3/c1-3-4-5-7-10(12)8-6-9-11(13)14-2/h4-5,10,12H,3,7,9H2,1-2H3. The van der Waals surface area contributed by atoms with Crippen molar-refractivity contribution in [3.63, 3.8) is 0 Å². The van der Waals surface area contributed by atoms with Crippen LogP contribution in [-0.4, -0.2) is 24.3 Å². The highest BCUT2D eigenvalue weighted by Crippen LogP contribution is 1.93. The molecule has 0 amide bonds. The lowest BCUT2D eigenvalue weighted by atomic mass is 10.2. The molecule has 0 spiro atoms. The molecule has 14 heavy (non-hydrogen) atoms. The quantitative estimate of drug-likeness (QED) is 0.418. The molecule has 0 saturated carbocycles. The highest BCUT2D eigenvalue weighted by molar-refractivity contribution is 5.72. The van der Waals surface area contributed by atoms with Crippen LogP contribution in [0.25, 0.3) is 0 Å². The molecule has 0 aliphatic carbocycles. The van der Waals surface area contributed by atoms with Crippen molar-refractivity contribution in [2.45, 2.75) is 32.3 Å². The van der Waals surface area contributed by atoms with Crippen LogP contribution >= 0.6 is 0 Å². The van der Waals surface area contributed by atoms with Crippen molar-refractivity contribution < 1.29 is 14.6 Å². The van der Waals surface area contributed by atoms with E-state index in [-0.39, 0.29) is 12.4 Å². The van der Waals surface area contributed by atoms with Crippen LogP contribution in [0.15, 0.2) is 12.2 Å². The first kappa shape index (κ1) is 12.7. The molecule has 0 aromatic heterocycles. The summed E-state index contributed by atoms with van der Waals surface area (Å²) in [7, 11) is 1.31. The Morgan fingerprint density at radius 2 is 2.29 bits per heavy atom. The van der Waals surface area contributed by atoms with Gasteiger partial charge in [-0.3, -0.25) is 4.79 Å². The maximum atomic E-state index is 10.6. The molecule has 0 bridgehead atoms. The second kappa shape index (κ2) is 8.33. The Bertz CT molecular complexity index is 245. The third-order valence-corrected chi connectivity index (χ3v) is 1.49. The highest BCUT2D eigenvalue weighted by atomic mass is 16.5. The van der Waals surface area contributed by atoms with Crippen LogP contribution < -0.4 is 0 Å². The maximum Gasteiger partial charge on any atom is 0.317 e. The molecule has 78 valence electrons. The Balaban J connectivity index is 3.74. The van der Waals surface area contributed by atoms with Gasteiger partial charge in [0.2, 0.25) is 0 Å². The smallest absolute Gasteiger partial charge is 0.317 e. The maximum absolute atomic E-state index is 10.6. The van der Waals surface area contributed by atoms with E-state index in [0.717, 1.165) is 6.42 Å². The molecular formula is C11H16O3. The minimum absolute atomic E-state index is 0.0328. The fourth-order valence-electron chi connectivity index (χ4n) is 0.764. The topological polar surface area (TPSA) is 46.5 Å². The predicted molar refractivity (Wildman–Crippen MR) is 54.5 cm³/mol. The van der Waals surface area contributed by atoms with Gasteiger partial charge in [-0.15, -0.1) is 0 Å². The van der Waals surface area contributed by atoms with Gasteiger partial charge < -0.3 is 9.84 Å². The van der Waals surface area contributed by atoms with Gasteiger partial charge in [0.15, 0.2) is 0 Å². The minimum Gasteiger partial charge on any atom is -0.468 e. The minimum atomic E-state index is -0.692. The molecular weight excluding hydrogens is 180 g/mol. The van der Waals surface area contributed by atoms with E-state index in [1.54, 1.807) is 0 Å². The zero-order valence-corrected chi connectivity index (χ0v) is 8.62. The second-order valence-corrected chi connectivity index (χ2v) is 2.71. The average molecular weight is 196 g/mol. The molecule has 0 aromatic rings. The highest BCUT2D eigenvalue weighted by Gasteiger charge is 1.96. The number of hydrogen-bond donors (Lipinski definition) is 1. The van der Waals surface area contributed by atoms with E-state index >= 15 is 0 Å². The van der Waals surface area contributed by atoms with Gasteiger partial charge in [-0.1, -0.05) is 30.9 Å². The van der Waals surface area contributed by atoms with E-state index in [4.69, 9.17) is 0 Å². The lowest BCUT2D eigenvalue weighted by Gasteiger charge is -1.96. The summed E-state index contributed by atoms with van der Waals surface area (Å²) < 4.78 is 4.39. The van der Waals surface area contributed by atoms with Crippen LogP contribution in [0.5, 0.6) is 0 Å². The van der Waals surface area contributed by atoms with E-state index < -0.39 is 6.10 Å². The molecule has 0 fully saturated rings. The largest absolute Gasteiger partial charge is 0.468 e. The van der Waals surface area contributed by atoms with E-state index in [1.165, 1.54) is 7.11 Å². The first-order valence-electron chi connectivity index (χ1n) is 4.59. The number of carbonyl (C=O) groups excluding carboxylic acids is 1. The van der Waals surface area contributed by atoms with Gasteiger partial charge in [0.25, 0.3) is 0 Å². The molecule has 0 heterocycles. The summed E-state index contributed by atoms with van der Waals surface area (Å²) in [5, 5.41) is 9.28. The average Bonchev–Trinajstić information content (AvgIpc) is 2.18. The SMILES string of the molecule is CCC=CCC(O)C#CCC(=O)OC. The van der Waals surface area contributed by atoms with E-state index in [9.17, 15) is 9.90 Å². The monoisotopic (exact) mass is 196 g/mol. The van der Waals surface area contributed by atoms with Crippen molar-refractivity contribution >= 4 is 5.97 Å². The lowest BCUT2D eigenvalue weighted by Crippen LogP contribution is -2.02. The van der Waals surface area contributed by atoms with Gasteiger partial charge in [0.05, 0.1) is 7.11 Å². The summed E-state index contributed by atoms with van der Waals surface area (Å²) in [5.74, 6) is 4.73. The number of esters is 1. The summed E-state index contributed by atoms with van der Waals surface area (Å²) >= 11 is 0. The van der Waals surface area contributed by atoms with Crippen molar-refractivity contribution in [2.24, 2.45) is 0 Å². The molecule has 1 atom stereocenters. The van der Waals surface area contributed by atoms with Crippen LogP contribution in [0.3, 0.4) is 0 Å². The molecule has 0 aliphatic heterocycles. The Kier molecular flexibility index (Phi) is 7.58. The third-order valence-electron chi connectivity index (χ3n) is 1.49. The summed E-state index contributed by atoms with van der Waals surface area (Å²) in [6.07, 6.45) is 4.63. The van der Waals surface area contributed by atoms with E-state index in [2.05, 4.69) is 16.6 Å². The zero-order valence-electron chi connectivity index (χ0n) is 8.62. The van der Waals surface area contributed by atoms with Gasteiger partial charge in [-0.2, -0.15) is 0 Å². The summed E-state index contributed by atoms with van der Waals surface area (Å²) in [6, 6.07) is 0. The molecule has 0 saturated heterocycles. The molecule has 1 N–H and O–H groups in total. The van der Waals surface area contributed by atoms with Crippen molar-refractivity contribution in [3.05, 3.63) is 12.2 Å². The number of aliphatic hydroxyl groups is 1. The van der Waals surface area contributed by atoms with Crippen LogP contribution in [0, 0.1) is 11.8 Å². The Morgan fingerprint density at radius 3 is 2.86 bits per heavy atom. The molecule has 0 radical (unpaired) electrons. The number of aliphatic hydroxyl groups excluding tert-OH is 1. The predicted octanol–water partition coefficient (Wildman–Crippen LogP) is 1.27. The number of allylic oxidation sites excluding steroid dienone is 1. The molecule has 1 unspecified atom stereocenters. The third kappa shape index (κ3) is 7.38. The number of ether oxygens (including phenoxy) is 1. The van der Waals surface area contributed by atoms with E-state index in [0.29, 0.717) is 6.42 Å². The number of rotatable bonds is 4. The fraction of sp³-hybridized carbons (Fsp3) is 0.545. The first-order valence-corrected chi connectivity index (χ1v) is 4.59. The molecule has 0 rings (SSSR count). The Labute approximate surface area is 84.8 Å². The fourth-order valence-corrected chi connectivity index (χ4v) is 0.764. The van der Waals surface area contributed by atoms with Crippen molar-refractivity contribution in [1.29, 1.82) is 0 Å². The summed E-state index contributed by atoms with van der Waals surface area (Å²) in [6.45, 7) is 2.02. The van der Waals surface area contributed by atoms with Gasteiger partial charge in [-0.25, -0.2) is 0 Å². The van der Waals surface area contributed by atoms with Gasteiger partial charge in [0.1, 0.15) is 12.5 Å². The van der Waals surface area contributed by atoms with Gasteiger partial charge in [-0.05, 0) is 6.42 Å². The zero-order chi connectivity index (χ0) is 10.8. The van der Waals surface area contributed by atoms with Crippen LogP contribution in [0.4, 0.5) is 0 Å². The normalized spacial score (nSPS) is 11.9. The van der Waals surface area contributed by atoms with Gasteiger partial charge >= 0.3 is 5.97 Å². The molecule has 3 nitrogen and oxygen atoms in total. The van der Waals surface area contributed by atoms with Crippen LogP contribution in [0.1, 0.15) is 26.2 Å².